The Bertz CT molecular complexity index is 704. The van der Waals surface area contributed by atoms with E-state index in [9.17, 15) is 0 Å². The van der Waals surface area contributed by atoms with Crippen LogP contribution in [-0.4, -0.2) is 0 Å². The largest absolute Gasteiger partial charge is 0.486 e. The van der Waals surface area contributed by atoms with Crippen LogP contribution in [0, 0.1) is 0 Å². The summed E-state index contributed by atoms with van der Waals surface area (Å²) >= 11 is 5.81. The minimum Gasteiger partial charge on any atom is -0.486 e. The number of fused-ring (bicyclic) bond motifs is 1. The van der Waals surface area contributed by atoms with E-state index in [1.807, 2.05) is 36.4 Å². The summed E-state index contributed by atoms with van der Waals surface area (Å²) in [5, 5.41) is 1.67. The molecule has 0 bridgehead atoms. The number of furan rings is 1. The maximum atomic E-state index is 5.81. The zero-order valence-electron chi connectivity index (χ0n) is 10.1. The average Bonchev–Trinajstić information content (AvgIpc) is 2.80. The van der Waals surface area contributed by atoms with Crippen LogP contribution >= 0.6 is 11.6 Å². The predicted octanol–water partition coefficient (Wildman–Crippen LogP) is 4.25. The molecule has 2 aromatic carbocycles. The Morgan fingerprint density at radius 2 is 1.84 bits per heavy atom. The molecule has 19 heavy (non-hydrogen) atoms. The molecular weight excluding hydrogens is 262 g/mol. The van der Waals surface area contributed by atoms with Gasteiger partial charge in [-0.25, -0.2) is 0 Å². The van der Waals surface area contributed by atoms with Crippen molar-refractivity contribution in [2.24, 2.45) is 0 Å². The number of rotatable bonds is 3. The van der Waals surface area contributed by atoms with E-state index < -0.39 is 0 Å². The highest BCUT2D eigenvalue weighted by molar-refractivity contribution is 6.30. The number of halogens is 1. The average molecular weight is 274 g/mol. The van der Waals surface area contributed by atoms with E-state index in [-0.39, 0.29) is 0 Å². The number of nitrogens with two attached hydrogens (primary N) is 1. The zero-order valence-corrected chi connectivity index (χ0v) is 10.9. The van der Waals surface area contributed by atoms with Crippen LogP contribution in [-0.2, 0) is 6.61 Å². The van der Waals surface area contributed by atoms with Gasteiger partial charge >= 0.3 is 0 Å². The van der Waals surface area contributed by atoms with Crippen LogP contribution in [0.25, 0.3) is 11.0 Å². The molecule has 1 heterocycles. The normalized spacial score (nSPS) is 10.8. The number of anilines is 1. The Balaban J connectivity index is 1.76. The van der Waals surface area contributed by atoms with Gasteiger partial charge in [-0.3, -0.25) is 0 Å². The van der Waals surface area contributed by atoms with Gasteiger partial charge < -0.3 is 14.9 Å². The summed E-state index contributed by atoms with van der Waals surface area (Å²) < 4.78 is 11.3. The summed E-state index contributed by atoms with van der Waals surface area (Å²) in [6.45, 7) is 0.371. The van der Waals surface area contributed by atoms with Crippen LogP contribution in [0.5, 0.6) is 5.75 Å². The molecule has 0 aliphatic carbocycles. The SMILES string of the molecule is Nc1ccc2oc(COc3ccc(Cl)cc3)cc2c1. The highest BCUT2D eigenvalue weighted by Gasteiger charge is 2.05. The molecule has 2 N–H and O–H groups in total. The first-order chi connectivity index (χ1) is 9.20. The molecule has 0 aliphatic rings. The van der Waals surface area contributed by atoms with Crippen molar-refractivity contribution in [2.45, 2.75) is 6.61 Å². The summed E-state index contributed by atoms with van der Waals surface area (Å²) in [4.78, 5) is 0. The first-order valence-corrected chi connectivity index (χ1v) is 6.25. The Kier molecular flexibility index (Phi) is 3.05. The van der Waals surface area contributed by atoms with Gasteiger partial charge in [-0.15, -0.1) is 0 Å². The Hall–Kier alpha value is -2.13. The van der Waals surface area contributed by atoms with Crippen LogP contribution in [0.15, 0.2) is 52.9 Å². The first-order valence-electron chi connectivity index (χ1n) is 5.87. The van der Waals surface area contributed by atoms with E-state index in [0.29, 0.717) is 11.6 Å². The molecular formula is C15H12ClNO2. The molecule has 0 spiro atoms. The summed E-state index contributed by atoms with van der Waals surface area (Å²) in [5.74, 6) is 1.51. The first kappa shape index (κ1) is 11.9. The van der Waals surface area contributed by atoms with Crippen LogP contribution in [0.1, 0.15) is 5.76 Å². The molecule has 0 unspecified atom stereocenters. The van der Waals surface area contributed by atoms with Gasteiger partial charge in [-0.05, 0) is 48.5 Å². The number of hydrogen-bond donors (Lipinski definition) is 1. The van der Waals surface area contributed by atoms with E-state index in [1.165, 1.54) is 0 Å². The highest BCUT2D eigenvalue weighted by Crippen LogP contribution is 2.23. The number of benzene rings is 2. The van der Waals surface area contributed by atoms with E-state index in [0.717, 1.165) is 28.2 Å². The molecule has 0 saturated heterocycles. The molecule has 4 heteroatoms. The molecule has 0 aliphatic heterocycles. The van der Waals surface area contributed by atoms with Crippen molar-refractivity contribution in [3.63, 3.8) is 0 Å². The summed E-state index contributed by atoms with van der Waals surface area (Å²) in [6, 6.07) is 14.7. The van der Waals surface area contributed by atoms with Gasteiger partial charge in [-0.1, -0.05) is 11.6 Å². The Morgan fingerprint density at radius 3 is 2.63 bits per heavy atom. The fourth-order valence-electron chi connectivity index (χ4n) is 1.87. The summed E-state index contributed by atoms with van der Waals surface area (Å²) in [7, 11) is 0. The van der Waals surface area contributed by atoms with Gasteiger partial charge in [0.05, 0.1) is 0 Å². The molecule has 3 nitrogen and oxygen atoms in total. The maximum Gasteiger partial charge on any atom is 0.146 e. The zero-order chi connectivity index (χ0) is 13.2. The topological polar surface area (TPSA) is 48.4 Å². The third-order valence-corrected chi connectivity index (χ3v) is 3.04. The van der Waals surface area contributed by atoms with Gasteiger partial charge in [-0.2, -0.15) is 0 Å². The number of nitrogen functional groups attached to an aromatic ring is 1. The fraction of sp³-hybridized carbons (Fsp3) is 0.0667. The Labute approximate surface area is 115 Å². The molecule has 96 valence electrons. The van der Waals surface area contributed by atoms with Crippen LogP contribution < -0.4 is 10.5 Å². The molecule has 0 radical (unpaired) electrons. The smallest absolute Gasteiger partial charge is 0.146 e. The van der Waals surface area contributed by atoms with Crippen LogP contribution in [0.4, 0.5) is 5.69 Å². The lowest BCUT2D eigenvalue weighted by Crippen LogP contribution is -1.92. The Morgan fingerprint density at radius 1 is 1.05 bits per heavy atom. The van der Waals surface area contributed by atoms with Crippen LogP contribution in [0.3, 0.4) is 0 Å². The lowest BCUT2D eigenvalue weighted by molar-refractivity contribution is 0.274. The van der Waals surface area contributed by atoms with Crippen LogP contribution in [0.2, 0.25) is 5.02 Å². The third-order valence-electron chi connectivity index (χ3n) is 2.79. The summed E-state index contributed by atoms with van der Waals surface area (Å²) in [5.41, 5.74) is 7.26. The minimum atomic E-state index is 0.371. The molecule has 0 atom stereocenters. The van der Waals surface area contributed by atoms with Crippen molar-refractivity contribution < 1.29 is 9.15 Å². The van der Waals surface area contributed by atoms with Gasteiger partial charge in [0.25, 0.3) is 0 Å². The number of hydrogen-bond acceptors (Lipinski definition) is 3. The second kappa shape index (κ2) is 4.86. The van der Waals surface area contributed by atoms with E-state index in [2.05, 4.69) is 0 Å². The van der Waals surface area contributed by atoms with Gasteiger partial charge in [0.15, 0.2) is 0 Å². The van der Waals surface area contributed by atoms with E-state index in [4.69, 9.17) is 26.5 Å². The molecule has 0 fully saturated rings. The quantitative estimate of drug-likeness (QED) is 0.726. The lowest BCUT2D eigenvalue weighted by atomic mass is 10.2. The van der Waals surface area contributed by atoms with Crippen molar-refractivity contribution in [2.75, 3.05) is 5.73 Å². The maximum absolute atomic E-state index is 5.81. The minimum absolute atomic E-state index is 0.371. The summed E-state index contributed by atoms with van der Waals surface area (Å²) in [6.07, 6.45) is 0. The highest BCUT2D eigenvalue weighted by atomic mass is 35.5. The molecule has 3 rings (SSSR count). The van der Waals surface area contributed by atoms with Gasteiger partial charge in [0.2, 0.25) is 0 Å². The second-order valence-corrected chi connectivity index (χ2v) is 4.69. The van der Waals surface area contributed by atoms with Gasteiger partial charge in [0.1, 0.15) is 23.7 Å². The van der Waals surface area contributed by atoms with Crippen molar-refractivity contribution in [1.82, 2.24) is 0 Å². The second-order valence-electron chi connectivity index (χ2n) is 4.25. The van der Waals surface area contributed by atoms with Crippen molar-refractivity contribution in [3.05, 3.63) is 59.3 Å². The van der Waals surface area contributed by atoms with E-state index in [1.54, 1.807) is 12.1 Å². The molecule has 3 aromatic rings. The predicted molar refractivity (Wildman–Crippen MR) is 76.4 cm³/mol. The third kappa shape index (κ3) is 2.66. The molecule has 1 aromatic heterocycles. The van der Waals surface area contributed by atoms with Crippen molar-refractivity contribution in [1.29, 1.82) is 0 Å². The van der Waals surface area contributed by atoms with Gasteiger partial charge in [0, 0.05) is 16.1 Å². The lowest BCUT2D eigenvalue weighted by Gasteiger charge is -2.03. The standard InChI is InChI=1S/C15H12ClNO2/c16-11-1-4-13(5-2-11)18-9-14-8-10-7-12(17)3-6-15(10)19-14/h1-8H,9,17H2. The van der Waals surface area contributed by atoms with E-state index >= 15 is 0 Å². The van der Waals surface area contributed by atoms with Crippen molar-refractivity contribution >= 4 is 28.3 Å². The monoisotopic (exact) mass is 273 g/mol. The molecule has 0 amide bonds. The van der Waals surface area contributed by atoms with Crippen molar-refractivity contribution in [3.8, 4) is 5.75 Å². The molecule has 0 saturated carbocycles. The fourth-order valence-corrected chi connectivity index (χ4v) is 2.00. The number of ether oxygens (including phenoxy) is 1.